The number of hydrogen-bond donors (Lipinski definition) is 1. The molecule has 0 unspecified atom stereocenters. The fraction of sp³-hybridized carbons (Fsp3) is 0.462. The summed E-state index contributed by atoms with van der Waals surface area (Å²) >= 11 is 0. The van der Waals surface area contributed by atoms with Crippen molar-refractivity contribution in [2.45, 2.75) is 33.2 Å². The molecule has 94 valence electrons. The molecule has 0 fully saturated rings. The van der Waals surface area contributed by atoms with Gasteiger partial charge in [-0.3, -0.25) is 4.79 Å². The second-order valence-corrected chi connectivity index (χ2v) is 5.30. The number of halogens is 2. The number of carbonyl (C=O) groups is 1. The zero-order valence-electron chi connectivity index (χ0n) is 10.5. The van der Waals surface area contributed by atoms with Crippen LogP contribution in [0.1, 0.15) is 38.1 Å². The molecule has 0 aromatic heterocycles. The number of rotatable bonds is 3. The molecule has 0 aliphatic heterocycles. The van der Waals surface area contributed by atoms with Gasteiger partial charge in [0.25, 0.3) is 0 Å². The molecule has 0 atom stereocenters. The third-order valence-electron chi connectivity index (χ3n) is 3.35. The Labute approximate surface area is 99.8 Å². The topological polar surface area (TPSA) is 43.1 Å². The lowest BCUT2D eigenvalue weighted by atomic mass is 9.70. The summed E-state index contributed by atoms with van der Waals surface area (Å²) in [5.74, 6) is -1.99. The van der Waals surface area contributed by atoms with Gasteiger partial charge in [0.2, 0.25) is 0 Å². The normalized spacial score (nSPS) is 12.6. The molecule has 4 heteroatoms. The molecule has 1 aromatic carbocycles. The lowest BCUT2D eigenvalue weighted by Gasteiger charge is -2.37. The molecule has 1 aromatic rings. The summed E-state index contributed by atoms with van der Waals surface area (Å²) in [6, 6.07) is 2.92. The molecule has 0 heterocycles. The third-order valence-corrected chi connectivity index (χ3v) is 3.35. The minimum Gasteiger partial charge on any atom is -0.325 e. The van der Waals surface area contributed by atoms with E-state index in [1.54, 1.807) is 27.7 Å². The molecule has 1 rings (SSSR count). The summed E-state index contributed by atoms with van der Waals surface area (Å²) < 4.78 is 26.3. The van der Waals surface area contributed by atoms with Gasteiger partial charge in [-0.25, -0.2) is 8.78 Å². The average molecular weight is 241 g/mol. The second-order valence-electron chi connectivity index (χ2n) is 5.30. The van der Waals surface area contributed by atoms with Crippen molar-refractivity contribution in [1.29, 1.82) is 0 Å². The SMILES string of the molecule is CC(C)(N)C(C)(C)C(=O)c1ccc(F)cc1F. The Kier molecular flexibility index (Phi) is 3.39. The number of ketones is 1. The van der Waals surface area contributed by atoms with E-state index in [1.165, 1.54) is 0 Å². The Morgan fingerprint density at radius 2 is 1.71 bits per heavy atom. The number of benzene rings is 1. The first kappa shape index (κ1) is 13.8. The highest BCUT2D eigenvalue weighted by Crippen LogP contribution is 2.33. The van der Waals surface area contributed by atoms with Crippen molar-refractivity contribution in [2.75, 3.05) is 0 Å². The number of carbonyl (C=O) groups excluding carboxylic acids is 1. The smallest absolute Gasteiger partial charge is 0.173 e. The molecule has 0 spiro atoms. The molecular formula is C13H17F2NO. The lowest BCUT2D eigenvalue weighted by molar-refractivity contribution is 0.0730. The maximum Gasteiger partial charge on any atom is 0.173 e. The fourth-order valence-electron chi connectivity index (χ4n) is 1.30. The van der Waals surface area contributed by atoms with E-state index in [0.29, 0.717) is 6.07 Å². The van der Waals surface area contributed by atoms with E-state index in [1.807, 2.05) is 0 Å². The van der Waals surface area contributed by atoms with Gasteiger partial charge in [0, 0.05) is 17.0 Å². The molecule has 17 heavy (non-hydrogen) atoms. The Balaban J connectivity index is 3.22. The molecule has 2 nitrogen and oxygen atoms in total. The summed E-state index contributed by atoms with van der Waals surface area (Å²) in [5, 5.41) is 0. The Morgan fingerprint density at radius 3 is 2.12 bits per heavy atom. The zero-order valence-corrected chi connectivity index (χ0v) is 10.5. The number of hydrogen-bond acceptors (Lipinski definition) is 2. The number of nitrogens with two attached hydrogens (primary N) is 1. The van der Waals surface area contributed by atoms with Gasteiger partial charge in [0.05, 0.1) is 5.56 Å². The van der Waals surface area contributed by atoms with Crippen LogP contribution in [-0.2, 0) is 0 Å². The van der Waals surface area contributed by atoms with E-state index >= 15 is 0 Å². The van der Waals surface area contributed by atoms with Gasteiger partial charge in [-0.05, 0) is 26.0 Å². The largest absolute Gasteiger partial charge is 0.325 e. The summed E-state index contributed by atoms with van der Waals surface area (Å²) in [7, 11) is 0. The first-order valence-corrected chi connectivity index (χ1v) is 5.36. The van der Waals surface area contributed by atoms with Crippen LogP contribution in [0.2, 0.25) is 0 Å². The highest BCUT2D eigenvalue weighted by Gasteiger charge is 2.41. The van der Waals surface area contributed by atoms with Gasteiger partial charge >= 0.3 is 0 Å². The van der Waals surface area contributed by atoms with E-state index in [-0.39, 0.29) is 5.56 Å². The van der Waals surface area contributed by atoms with E-state index in [9.17, 15) is 13.6 Å². The predicted molar refractivity (Wildman–Crippen MR) is 62.7 cm³/mol. The van der Waals surface area contributed by atoms with Crippen LogP contribution in [0, 0.1) is 17.0 Å². The highest BCUT2D eigenvalue weighted by molar-refractivity contribution is 6.01. The van der Waals surface area contributed by atoms with Gasteiger partial charge < -0.3 is 5.73 Å². The van der Waals surface area contributed by atoms with Crippen LogP contribution < -0.4 is 5.73 Å². The molecule has 0 saturated heterocycles. The molecule has 0 amide bonds. The number of Topliss-reactive ketones (excluding diaryl/α,β-unsaturated/α-hetero) is 1. The minimum atomic E-state index is -0.939. The van der Waals surface area contributed by atoms with Crippen LogP contribution in [0.3, 0.4) is 0 Å². The second kappa shape index (κ2) is 4.18. The molecule has 0 aliphatic rings. The zero-order chi connectivity index (χ0) is 13.4. The van der Waals surface area contributed by atoms with Gasteiger partial charge in [0.1, 0.15) is 11.6 Å². The maximum atomic E-state index is 13.5. The Morgan fingerprint density at radius 1 is 1.18 bits per heavy atom. The quantitative estimate of drug-likeness (QED) is 0.827. The van der Waals surface area contributed by atoms with Crippen LogP contribution >= 0.6 is 0 Å². The summed E-state index contributed by atoms with van der Waals surface area (Å²) in [6.45, 7) is 6.70. The van der Waals surface area contributed by atoms with Gasteiger partial charge in [-0.2, -0.15) is 0 Å². The maximum absolute atomic E-state index is 13.5. The highest BCUT2D eigenvalue weighted by atomic mass is 19.1. The van der Waals surface area contributed by atoms with Crippen molar-refractivity contribution in [1.82, 2.24) is 0 Å². The molecule has 0 aliphatic carbocycles. The molecule has 0 bridgehead atoms. The van der Waals surface area contributed by atoms with Crippen LogP contribution in [0.5, 0.6) is 0 Å². The van der Waals surface area contributed by atoms with Crippen molar-refractivity contribution in [3.05, 3.63) is 35.4 Å². The van der Waals surface area contributed by atoms with Crippen molar-refractivity contribution in [3.63, 3.8) is 0 Å². The van der Waals surface area contributed by atoms with E-state index < -0.39 is 28.4 Å². The van der Waals surface area contributed by atoms with Crippen LogP contribution in [0.4, 0.5) is 8.78 Å². The molecule has 0 saturated carbocycles. The third kappa shape index (κ3) is 2.52. The average Bonchev–Trinajstić information content (AvgIpc) is 2.14. The minimum absolute atomic E-state index is 0.130. The lowest BCUT2D eigenvalue weighted by Crippen LogP contribution is -2.52. The van der Waals surface area contributed by atoms with Crippen LogP contribution in [-0.4, -0.2) is 11.3 Å². The van der Waals surface area contributed by atoms with Crippen molar-refractivity contribution in [3.8, 4) is 0 Å². The Bertz CT molecular complexity index is 447. The standard InChI is InChI=1S/C13H17F2NO/c1-12(2,13(3,4)16)11(17)9-6-5-8(14)7-10(9)15/h5-7H,16H2,1-4H3. The Hall–Kier alpha value is -1.29. The van der Waals surface area contributed by atoms with Gasteiger partial charge in [0.15, 0.2) is 5.78 Å². The first-order valence-electron chi connectivity index (χ1n) is 5.36. The van der Waals surface area contributed by atoms with E-state index in [2.05, 4.69) is 0 Å². The molecule has 0 radical (unpaired) electrons. The first-order chi connectivity index (χ1) is 7.57. The predicted octanol–water partition coefficient (Wildman–Crippen LogP) is 2.91. The molecular weight excluding hydrogens is 224 g/mol. The van der Waals surface area contributed by atoms with Crippen LogP contribution in [0.15, 0.2) is 18.2 Å². The van der Waals surface area contributed by atoms with Crippen molar-refractivity contribution >= 4 is 5.78 Å². The van der Waals surface area contributed by atoms with E-state index in [4.69, 9.17) is 5.73 Å². The summed E-state index contributed by atoms with van der Waals surface area (Å²) in [4.78, 5) is 12.2. The summed E-state index contributed by atoms with van der Waals surface area (Å²) in [6.07, 6.45) is 0. The van der Waals surface area contributed by atoms with Crippen molar-refractivity contribution in [2.24, 2.45) is 11.1 Å². The fourth-order valence-corrected chi connectivity index (χ4v) is 1.30. The van der Waals surface area contributed by atoms with Gasteiger partial charge in [-0.1, -0.05) is 13.8 Å². The van der Waals surface area contributed by atoms with Gasteiger partial charge in [-0.15, -0.1) is 0 Å². The monoisotopic (exact) mass is 241 g/mol. The van der Waals surface area contributed by atoms with Crippen molar-refractivity contribution < 1.29 is 13.6 Å². The molecule has 2 N–H and O–H groups in total. The summed E-state index contributed by atoms with van der Waals surface area (Å²) in [5.41, 5.74) is 4.04. The van der Waals surface area contributed by atoms with E-state index in [0.717, 1.165) is 12.1 Å². The van der Waals surface area contributed by atoms with Crippen LogP contribution in [0.25, 0.3) is 0 Å².